The molecular weight excluding hydrogens is 256 g/mol. The fraction of sp³-hybridized carbons (Fsp3) is 0.714. The van der Waals surface area contributed by atoms with Gasteiger partial charge in [-0.3, -0.25) is 4.68 Å². The van der Waals surface area contributed by atoms with Crippen molar-refractivity contribution in [2.75, 3.05) is 6.54 Å². The van der Waals surface area contributed by atoms with Crippen LogP contribution in [0.15, 0.2) is 12.4 Å². The van der Waals surface area contributed by atoms with Gasteiger partial charge in [-0.15, -0.1) is 0 Å². The first-order valence-corrected chi connectivity index (χ1v) is 7.68. The van der Waals surface area contributed by atoms with Gasteiger partial charge in [-0.05, 0) is 44.0 Å². The molecule has 1 aromatic heterocycles. The van der Waals surface area contributed by atoms with Crippen molar-refractivity contribution < 1.29 is 0 Å². The van der Waals surface area contributed by atoms with Gasteiger partial charge in [-0.25, -0.2) is 0 Å². The Morgan fingerprint density at radius 2 is 2.21 bits per heavy atom. The molecular formula is C14H24N4S. The molecule has 1 aliphatic rings. The SMILES string of the molecule is Cc1cnn(CCCNC(=S)NC2CCCCC2)c1. The third kappa shape index (κ3) is 5.19. The molecule has 0 aromatic carbocycles. The normalized spacial score (nSPS) is 16.3. The number of aromatic nitrogens is 2. The second-order valence-corrected chi connectivity index (χ2v) is 5.78. The number of rotatable bonds is 5. The Labute approximate surface area is 121 Å². The molecule has 0 bridgehead atoms. The molecule has 1 aromatic rings. The first-order valence-electron chi connectivity index (χ1n) is 7.27. The van der Waals surface area contributed by atoms with E-state index in [1.165, 1.54) is 37.7 Å². The van der Waals surface area contributed by atoms with E-state index in [2.05, 4.69) is 28.9 Å². The highest BCUT2D eigenvalue weighted by molar-refractivity contribution is 7.80. The van der Waals surface area contributed by atoms with Gasteiger partial charge in [0.1, 0.15) is 0 Å². The van der Waals surface area contributed by atoms with Crippen LogP contribution in [0, 0.1) is 6.92 Å². The molecule has 19 heavy (non-hydrogen) atoms. The lowest BCUT2D eigenvalue weighted by Gasteiger charge is -2.24. The summed E-state index contributed by atoms with van der Waals surface area (Å²) in [5.74, 6) is 0. The van der Waals surface area contributed by atoms with Gasteiger partial charge in [0.2, 0.25) is 0 Å². The minimum Gasteiger partial charge on any atom is -0.363 e. The Hall–Kier alpha value is -1.10. The highest BCUT2D eigenvalue weighted by Gasteiger charge is 2.13. The molecule has 5 heteroatoms. The third-order valence-electron chi connectivity index (χ3n) is 3.55. The predicted octanol–water partition coefficient (Wildman–Crippen LogP) is 2.38. The molecule has 4 nitrogen and oxygen atoms in total. The Kier molecular flexibility index (Phi) is 5.63. The molecule has 0 aliphatic heterocycles. The Morgan fingerprint density at radius 3 is 2.89 bits per heavy atom. The Morgan fingerprint density at radius 1 is 1.42 bits per heavy atom. The van der Waals surface area contributed by atoms with Crippen molar-refractivity contribution in [3.8, 4) is 0 Å². The van der Waals surface area contributed by atoms with Crippen molar-refractivity contribution in [3.63, 3.8) is 0 Å². The van der Waals surface area contributed by atoms with E-state index in [1.807, 2.05) is 10.9 Å². The van der Waals surface area contributed by atoms with Crippen LogP contribution in [-0.2, 0) is 6.54 Å². The quantitative estimate of drug-likeness (QED) is 0.642. The number of thiocarbonyl (C=S) groups is 1. The lowest BCUT2D eigenvalue weighted by Crippen LogP contribution is -2.43. The summed E-state index contributed by atoms with van der Waals surface area (Å²) in [5.41, 5.74) is 1.21. The molecule has 0 amide bonds. The van der Waals surface area contributed by atoms with E-state index in [4.69, 9.17) is 12.2 Å². The summed E-state index contributed by atoms with van der Waals surface area (Å²) in [4.78, 5) is 0. The molecule has 1 aliphatic carbocycles. The van der Waals surface area contributed by atoms with Crippen LogP contribution in [0.1, 0.15) is 44.1 Å². The summed E-state index contributed by atoms with van der Waals surface area (Å²) in [6.45, 7) is 3.90. The lowest BCUT2D eigenvalue weighted by molar-refractivity contribution is 0.411. The molecule has 0 unspecified atom stereocenters. The summed E-state index contributed by atoms with van der Waals surface area (Å²) in [6, 6.07) is 0.586. The van der Waals surface area contributed by atoms with E-state index in [-0.39, 0.29) is 0 Å². The van der Waals surface area contributed by atoms with Gasteiger partial charge >= 0.3 is 0 Å². The largest absolute Gasteiger partial charge is 0.363 e. The summed E-state index contributed by atoms with van der Waals surface area (Å²) in [6.07, 6.45) is 11.6. The van der Waals surface area contributed by atoms with Gasteiger partial charge in [0, 0.05) is 25.3 Å². The van der Waals surface area contributed by atoms with Crippen LogP contribution in [0.5, 0.6) is 0 Å². The van der Waals surface area contributed by atoms with Gasteiger partial charge in [0.05, 0.1) is 6.20 Å². The minimum atomic E-state index is 0.586. The number of hydrogen-bond donors (Lipinski definition) is 2. The highest BCUT2D eigenvalue weighted by Crippen LogP contribution is 2.17. The zero-order chi connectivity index (χ0) is 13.5. The molecule has 0 saturated heterocycles. The number of nitrogens with zero attached hydrogens (tertiary/aromatic N) is 2. The molecule has 0 atom stereocenters. The summed E-state index contributed by atoms with van der Waals surface area (Å²) in [7, 11) is 0. The van der Waals surface area contributed by atoms with Crippen LogP contribution in [0.3, 0.4) is 0 Å². The van der Waals surface area contributed by atoms with Gasteiger partial charge in [0.25, 0.3) is 0 Å². The predicted molar refractivity (Wildman–Crippen MR) is 82.2 cm³/mol. The standard InChI is InChI=1S/C14H24N4S/c1-12-10-16-18(11-12)9-5-8-15-14(19)17-13-6-3-2-4-7-13/h10-11,13H,2-9H2,1H3,(H2,15,17,19). The molecule has 106 valence electrons. The third-order valence-corrected chi connectivity index (χ3v) is 3.81. The van der Waals surface area contributed by atoms with Crippen LogP contribution in [0.4, 0.5) is 0 Å². The molecule has 1 fully saturated rings. The number of nitrogens with one attached hydrogen (secondary N) is 2. The first-order chi connectivity index (χ1) is 9.24. The fourth-order valence-corrected chi connectivity index (χ4v) is 2.78. The van der Waals surface area contributed by atoms with Crippen LogP contribution < -0.4 is 10.6 Å². The van der Waals surface area contributed by atoms with E-state index >= 15 is 0 Å². The van der Waals surface area contributed by atoms with Crippen molar-refractivity contribution in [1.82, 2.24) is 20.4 Å². The van der Waals surface area contributed by atoms with Crippen molar-refractivity contribution in [2.45, 2.75) is 58.0 Å². The van der Waals surface area contributed by atoms with Gasteiger partial charge in [0.15, 0.2) is 5.11 Å². The van der Waals surface area contributed by atoms with E-state index in [9.17, 15) is 0 Å². The van der Waals surface area contributed by atoms with Gasteiger partial charge in [-0.2, -0.15) is 5.10 Å². The maximum atomic E-state index is 5.32. The van der Waals surface area contributed by atoms with Crippen molar-refractivity contribution in [3.05, 3.63) is 18.0 Å². The van der Waals surface area contributed by atoms with Crippen LogP contribution in [0.25, 0.3) is 0 Å². The average molecular weight is 280 g/mol. The summed E-state index contributed by atoms with van der Waals surface area (Å²) < 4.78 is 1.98. The zero-order valence-corrected chi connectivity index (χ0v) is 12.5. The molecule has 2 N–H and O–H groups in total. The first kappa shape index (κ1) is 14.3. The van der Waals surface area contributed by atoms with Gasteiger partial charge < -0.3 is 10.6 Å². The highest BCUT2D eigenvalue weighted by atomic mass is 32.1. The second-order valence-electron chi connectivity index (χ2n) is 5.37. The summed E-state index contributed by atoms with van der Waals surface area (Å²) >= 11 is 5.32. The average Bonchev–Trinajstić information content (AvgIpc) is 2.82. The Bertz CT molecular complexity index is 396. The Balaban J connectivity index is 1.56. The number of aryl methyl sites for hydroxylation is 2. The van der Waals surface area contributed by atoms with Crippen molar-refractivity contribution in [2.24, 2.45) is 0 Å². The van der Waals surface area contributed by atoms with E-state index in [1.54, 1.807) is 0 Å². The van der Waals surface area contributed by atoms with Gasteiger partial charge in [-0.1, -0.05) is 19.3 Å². The topological polar surface area (TPSA) is 41.9 Å². The molecule has 1 saturated carbocycles. The fourth-order valence-electron chi connectivity index (χ4n) is 2.52. The van der Waals surface area contributed by atoms with Crippen LogP contribution >= 0.6 is 12.2 Å². The van der Waals surface area contributed by atoms with E-state index in [0.29, 0.717) is 6.04 Å². The minimum absolute atomic E-state index is 0.586. The van der Waals surface area contributed by atoms with E-state index < -0.39 is 0 Å². The van der Waals surface area contributed by atoms with Crippen LogP contribution in [-0.4, -0.2) is 27.5 Å². The zero-order valence-electron chi connectivity index (χ0n) is 11.7. The van der Waals surface area contributed by atoms with E-state index in [0.717, 1.165) is 24.6 Å². The smallest absolute Gasteiger partial charge is 0.166 e. The molecule has 0 radical (unpaired) electrons. The molecule has 0 spiro atoms. The van der Waals surface area contributed by atoms with Crippen molar-refractivity contribution in [1.29, 1.82) is 0 Å². The van der Waals surface area contributed by atoms with Crippen molar-refractivity contribution >= 4 is 17.3 Å². The maximum Gasteiger partial charge on any atom is 0.166 e. The lowest BCUT2D eigenvalue weighted by atomic mass is 9.96. The summed E-state index contributed by atoms with van der Waals surface area (Å²) in [5, 5.41) is 11.8. The molecule has 2 rings (SSSR count). The monoisotopic (exact) mass is 280 g/mol. The molecule has 1 heterocycles. The maximum absolute atomic E-state index is 5.32. The van der Waals surface area contributed by atoms with Crippen LogP contribution in [0.2, 0.25) is 0 Å². The second kappa shape index (κ2) is 7.48. The number of hydrogen-bond acceptors (Lipinski definition) is 2.